The number of hydrogen-bond acceptors (Lipinski definition) is 6. The van der Waals surface area contributed by atoms with Crippen molar-refractivity contribution in [3.63, 3.8) is 0 Å². The first kappa shape index (κ1) is 18.0. The Morgan fingerprint density at radius 2 is 1.90 bits per heavy atom. The van der Waals surface area contributed by atoms with Crippen LogP contribution in [0.25, 0.3) is 28.4 Å². The minimum absolute atomic E-state index is 0.136. The first-order valence-corrected chi connectivity index (χ1v) is 8.80. The molecule has 0 saturated carbocycles. The maximum atomic E-state index is 14.5. The Labute approximate surface area is 166 Å². The summed E-state index contributed by atoms with van der Waals surface area (Å²) in [5.41, 5.74) is 2.79. The van der Waals surface area contributed by atoms with Gasteiger partial charge in [-0.2, -0.15) is 8.78 Å². The van der Waals surface area contributed by atoms with Gasteiger partial charge in [-0.25, -0.2) is 14.1 Å². The molecular weight excluding hydrogens is 399 g/mol. The van der Waals surface area contributed by atoms with Gasteiger partial charge in [0, 0.05) is 35.3 Å². The van der Waals surface area contributed by atoms with Gasteiger partial charge in [-0.15, -0.1) is 15.3 Å². The number of imidazole rings is 1. The van der Waals surface area contributed by atoms with Gasteiger partial charge in [0.2, 0.25) is 5.89 Å². The average Bonchev–Trinajstić information content (AvgIpc) is 3.49. The van der Waals surface area contributed by atoms with Crippen LogP contribution in [0.2, 0.25) is 0 Å². The summed E-state index contributed by atoms with van der Waals surface area (Å²) in [4.78, 5) is 4.23. The predicted octanol–water partition coefficient (Wildman–Crippen LogP) is 3.77. The van der Waals surface area contributed by atoms with E-state index in [2.05, 4.69) is 25.5 Å². The van der Waals surface area contributed by atoms with Crippen LogP contribution in [0.15, 0.2) is 59.5 Å². The molecule has 0 atom stereocenters. The van der Waals surface area contributed by atoms with E-state index >= 15 is 0 Å². The molecule has 5 aromatic rings. The van der Waals surface area contributed by atoms with E-state index in [0.717, 1.165) is 17.3 Å². The number of halogens is 3. The van der Waals surface area contributed by atoms with Crippen LogP contribution >= 0.6 is 0 Å². The van der Waals surface area contributed by atoms with E-state index < -0.39 is 18.1 Å². The van der Waals surface area contributed by atoms with Crippen molar-refractivity contribution in [3.05, 3.63) is 72.4 Å². The topological polar surface area (TPSA) is 86.9 Å². The molecule has 1 aromatic carbocycles. The second kappa shape index (κ2) is 7.10. The van der Waals surface area contributed by atoms with Gasteiger partial charge in [0.1, 0.15) is 17.2 Å². The number of fused-ring (bicyclic) bond motifs is 1. The van der Waals surface area contributed by atoms with Gasteiger partial charge in [0.25, 0.3) is 5.89 Å². The number of alkyl halides is 2. The molecule has 0 radical (unpaired) electrons. The van der Waals surface area contributed by atoms with Crippen molar-refractivity contribution in [2.75, 3.05) is 0 Å². The van der Waals surface area contributed by atoms with Crippen molar-refractivity contribution in [3.8, 4) is 22.7 Å². The van der Waals surface area contributed by atoms with Gasteiger partial charge in [-0.3, -0.25) is 0 Å². The molecule has 0 amide bonds. The summed E-state index contributed by atoms with van der Waals surface area (Å²) in [6, 6.07) is 7.94. The molecule has 8 nitrogen and oxygen atoms in total. The summed E-state index contributed by atoms with van der Waals surface area (Å²) in [5.74, 6) is -1.54. The lowest BCUT2D eigenvalue weighted by molar-refractivity contribution is 0.116. The highest BCUT2D eigenvalue weighted by Gasteiger charge is 2.18. The van der Waals surface area contributed by atoms with Crippen LogP contribution in [0.3, 0.4) is 0 Å². The Hall–Kier alpha value is -4.02. The van der Waals surface area contributed by atoms with Crippen LogP contribution in [-0.2, 0) is 6.54 Å². The maximum Gasteiger partial charge on any atom is 0.314 e. The molecule has 0 aliphatic carbocycles. The highest BCUT2D eigenvalue weighted by Crippen LogP contribution is 2.25. The highest BCUT2D eigenvalue weighted by molar-refractivity contribution is 5.63. The Morgan fingerprint density at radius 1 is 1.00 bits per heavy atom. The van der Waals surface area contributed by atoms with Crippen LogP contribution < -0.4 is 0 Å². The van der Waals surface area contributed by atoms with Crippen molar-refractivity contribution in [2.45, 2.75) is 13.0 Å². The van der Waals surface area contributed by atoms with Gasteiger partial charge >= 0.3 is 6.43 Å². The minimum atomic E-state index is -2.88. The largest absolute Gasteiger partial charge is 0.415 e. The van der Waals surface area contributed by atoms with Crippen LogP contribution in [0.1, 0.15) is 17.9 Å². The van der Waals surface area contributed by atoms with Crippen LogP contribution in [0, 0.1) is 5.82 Å². The molecule has 0 aliphatic rings. The van der Waals surface area contributed by atoms with Gasteiger partial charge < -0.3 is 8.82 Å². The third-order valence-electron chi connectivity index (χ3n) is 4.49. The second-order valence-electron chi connectivity index (χ2n) is 6.46. The summed E-state index contributed by atoms with van der Waals surface area (Å²) in [7, 11) is 0. The van der Waals surface area contributed by atoms with E-state index in [0.29, 0.717) is 11.3 Å². The summed E-state index contributed by atoms with van der Waals surface area (Å²) >= 11 is 0. The first-order chi connectivity index (χ1) is 14.6. The van der Waals surface area contributed by atoms with Crippen molar-refractivity contribution >= 4 is 5.65 Å². The normalized spacial score (nSPS) is 11.6. The lowest BCUT2D eigenvalue weighted by Crippen LogP contribution is -2.03. The summed E-state index contributed by atoms with van der Waals surface area (Å²) in [6.45, 7) is 0.136. The number of nitrogens with zero attached hydrogens (tertiary/aromatic N) is 7. The van der Waals surface area contributed by atoms with E-state index in [1.54, 1.807) is 12.4 Å². The van der Waals surface area contributed by atoms with Crippen molar-refractivity contribution < 1.29 is 17.6 Å². The van der Waals surface area contributed by atoms with Crippen molar-refractivity contribution in [1.82, 2.24) is 34.6 Å². The van der Waals surface area contributed by atoms with E-state index in [9.17, 15) is 13.2 Å². The molecule has 150 valence electrons. The number of pyridine rings is 1. The van der Waals surface area contributed by atoms with Gasteiger partial charge in [-0.05, 0) is 24.3 Å². The molecule has 0 saturated heterocycles. The molecule has 4 aromatic heterocycles. The van der Waals surface area contributed by atoms with Crippen LogP contribution in [-0.4, -0.2) is 34.6 Å². The summed E-state index contributed by atoms with van der Waals surface area (Å²) in [5, 5.41) is 14.9. The number of aromatic nitrogens is 7. The van der Waals surface area contributed by atoms with Crippen LogP contribution in [0.5, 0.6) is 0 Å². The molecule has 0 N–H and O–H groups in total. The Balaban J connectivity index is 1.36. The Morgan fingerprint density at radius 3 is 2.70 bits per heavy atom. The van der Waals surface area contributed by atoms with E-state index in [-0.39, 0.29) is 18.0 Å². The molecule has 11 heteroatoms. The minimum Gasteiger partial charge on any atom is -0.415 e. The smallest absolute Gasteiger partial charge is 0.314 e. The molecular formula is C19H12F3N7O. The van der Waals surface area contributed by atoms with Crippen molar-refractivity contribution in [2.24, 2.45) is 0 Å². The van der Waals surface area contributed by atoms with E-state index in [1.165, 1.54) is 16.8 Å². The second-order valence-corrected chi connectivity index (χ2v) is 6.46. The predicted molar refractivity (Wildman–Crippen MR) is 98.0 cm³/mol. The maximum absolute atomic E-state index is 14.5. The summed E-state index contributed by atoms with van der Waals surface area (Å²) in [6.07, 6.45) is 4.23. The molecule has 30 heavy (non-hydrogen) atoms. The summed E-state index contributed by atoms with van der Waals surface area (Å²) < 4.78 is 47.9. The van der Waals surface area contributed by atoms with Crippen molar-refractivity contribution in [1.29, 1.82) is 0 Å². The number of benzene rings is 1. The fourth-order valence-electron chi connectivity index (χ4n) is 3.00. The zero-order valence-electron chi connectivity index (χ0n) is 15.2. The van der Waals surface area contributed by atoms with Gasteiger partial charge in [0.05, 0.1) is 12.7 Å². The molecule has 0 fully saturated rings. The van der Waals surface area contributed by atoms with Gasteiger partial charge in [0.15, 0.2) is 0 Å². The fraction of sp³-hybridized carbons (Fsp3) is 0.105. The third kappa shape index (κ3) is 3.30. The van der Waals surface area contributed by atoms with Crippen LogP contribution in [0.4, 0.5) is 13.2 Å². The molecule has 5 rings (SSSR count). The molecule has 0 bridgehead atoms. The zero-order valence-corrected chi connectivity index (χ0v) is 15.2. The fourth-order valence-corrected chi connectivity index (χ4v) is 3.00. The molecule has 0 spiro atoms. The van der Waals surface area contributed by atoms with E-state index in [4.69, 9.17) is 4.42 Å². The zero-order chi connectivity index (χ0) is 20.7. The lowest BCUT2D eigenvalue weighted by Gasteiger charge is -2.04. The lowest BCUT2D eigenvalue weighted by atomic mass is 10.1. The first-order valence-electron chi connectivity index (χ1n) is 8.80. The number of rotatable bonds is 5. The molecule has 0 aliphatic heterocycles. The van der Waals surface area contributed by atoms with E-state index in [1.807, 2.05) is 28.9 Å². The monoisotopic (exact) mass is 411 g/mol. The third-order valence-corrected chi connectivity index (χ3v) is 4.49. The number of hydrogen-bond donors (Lipinski definition) is 0. The Bertz CT molecular complexity index is 1340. The molecule has 4 heterocycles. The average molecular weight is 411 g/mol. The highest BCUT2D eigenvalue weighted by atomic mass is 19.3. The van der Waals surface area contributed by atoms with Gasteiger partial charge in [-0.1, -0.05) is 11.3 Å². The molecule has 0 unspecified atom stereocenters. The SMILES string of the molecule is Fc1cc(-c2nnc(C(F)F)o2)ccc1Cn1cc(-c2ccn3ccnc3c2)nn1. The standard InChI is InChI=1S/C19H12F3N7O/c20-14-7-12(18-25-26-19(30-18)17(21)22)1-2-13(14)9-29-10-15(24-27-29)11-3-5-28-6-4-23-16(28)8-11/h1-8,10,17H,9H2. The quantitative estimate of drug-likeness (QED) is 0.438. The Kier molecular flexibility index (Phi) is 4.27.